The Labute approximate surface area is 201 Å². The van der Waals surface area contributed by atoms with Crippen molar-refractivity contribution < 1.29 is 33.1 Å². The molecule has 3 N–H and O–H groups in total. The van der Waals surface area contributed by atoms with Crippen LogP contribution in [0.1, 0.15) is 36.6 Å². The lowest BCUT2D eigenvalue weighted by Crippen LogP contribution is -2.43. The summed E-state index contributed by atoms with van der Waals surface area (Å²) >= 11 is 1.76. The number of hydrogen-bond acceptors (Lipinski definition) is 8. The number of fused-ring (bicyclic) bond motifs is 1. The van der Waals surface area contributed by atoms with Gasteiger partial charge in [-0.1, -0.05) is 19.8 Å². The third-order valence-corrected chi connectivity index (χ3v) is 7.70. The Hall–Kier alpha value is -2.87. The number of hydrogen-bond donors (Lipinski definition) is 3. The lowest BCUT2D eigenvalue weighted by molar-refractivity contribution is -0.384. The van der Waals surface area contributed by atoms with E-state index >= 15 is 0 Å². The predicted molar refractivity (Wildman–Crippen MR) is 125 cm³/mol. The Morgan fingerprint density at radius 1 is 1.21 bits per heavy atom. The fourth-order valence-corrected chi connectivity index (χ4v) is 5.48. The van der Waals surface area contributed by atoms with E-state index in [2.05, 4.69) is 28.0 Å². The van der Waals surface area contributed by atoms with Crippen LogP contribution in [0.5, 0.6) is 0 Å². The highest BCUT2D eigenvalue weighted by Crippen LogP contribution is 2.29. The van der Waals surface area contributed by atoms with E-state index in [1.165, 1.54) is 34.7 Å². The maximum absolute atomic E-state index is 12.5. The molecule has 1 aromatic carbocycles. The number of carbonyl (C=O) groups is 2. The average Bonchev–Trinajstić information content (AvgIpc) is 3.25. The largest absolute Gasteiger partial charge is 0.473 e. The van der Waals surface area contributed by atoms with Gasteiger partial charge in [-0.05, 0) is 42.0 Å². The number of carboxylic acid groups (broad SMARTS) is 2. The molecule has 0 saturated carbocycles. The summed E-state index contributed by atoms with van der Waals surface area (Å²) in [6, 6.07) is 7.59. The number of aliphatic carboxylic acids is 2. The average molecular weight is 514 g/mol. The fourth-order valence-electron chi connectivity index (χ4n) is 3.52. The van der Waals surface area contributed by atoms with Crippen LogP contribution in [-0.4, -0.2) is 59.5 Å². The lowest BCUT2D eigenvalue weighted by Gasteiger charge is -2.35. The minimum atomic E-state index is -3.68. The molecule has 1 aliphatic heterocycles. The van der Waals surface area contributed by atoms with E-state index in [1.54, 1.807) is 11.3 Å². The van der Waals surface area contributed by atoms with E-state index in [4.69, 9.17) is 19.8 Å². The smallest absolute Gasteiger partial charge is 0.414 e. The van der Waals surface area contributed by atoms with Gasteiger partial charge in [-0.3, -0.25) is 15.0 Å². The van der Waals surface area contributed by atoms with Gasteiger partial charge in [0.05, 0.1) is 9.82 Å². The number of rotatable bonds is 9. The highest BCUT2D eigenvalue weighted by atomic mass is 32.2. The molecule has 1 aliphatic rings. The first-order valence-electron chi connectivity index (χ1n) is 10.5. The molecule has 0 radical (unpaired) electrons. The second kappa shape index (κ2) is 12.6. The third kappa shape index (κ3) is 7.87. The predicted octanol–water partition coefficient (Wildman–Crippen LogP) is 2.71. The summed E-state index contributed by atoms with van der Waals surface area (Å²) in [4.78, 5) is 32.1. The van der Waals surface area contributed by atoms with Crippen molar-refractivity contribution in [2.24, 2.45) is 0 Å². The molecule has 2 aromatic rings. The van der Waals surface area contributed by atoms with Crippen LogP contribution in [0.2, 0.25) is 0 Å². The van der Waals surface area contributed by atoms with Gasteiger partial charge in [0.25, 0.3) is 5.69 Å². The molecule has 1 aromatic heterocycles. The Morgan fingerprint density at radius 3 is 2.41 bits per heavy atom. The molecule has 0 fully saturated rings. The van der Waals surface area contributed by atoms with Gasteiger partial charge in [0.2, 0.25) is 10.0 Å². The zero-order valence-corrected chi connectivity index (χ0v) is 20.2. The van der Waals surface area contributed by atoms with Gasteiger partial charge in [0, 0.05) is 42.7 Å². The fraction of sp³-hybridized carbons (Fsp3) is 0.429. The van der Waals surface area contributed by atoms with Gasteiger partial charge in [0.1, 0.15) is 0 Å². The van der Waals surface area contributed by atoms with Crippen molar-refractivity contribution >= 4 is 39.0 Å². The summed E-state index contributed by atoms with van der Waals surface area (Å²) in [7, 11) is -3.68. The van der Waals surface area contributed by atoms with Crippen molar-refractivity contribution in [2.75, 3.05) is 13.1 Å². The van der Waals surface area contributed by atoms with Gasteiger partial charge < -0.3 is 10.2 Å². The summed E-state index contributed by atoms with van der Waals surface area (Å²) in [5.41, 5.74) is 1.30. The zero-order chi connectivity index (χ0) is 25.3. The molecule has 0 saturated heterocycles. The molecule has 13 heteroatoms. The van der Waals surface area contributed by atoms with E-state index < -0.39 is 26.9 Å². The SMILES string of the molecule is CCCCC1Cc2ccsc2CN1CCNS(=O)(=O)c1ccc([N+](=O)[O-])cc1.O=C(O)C(=O)O. The Bertz CT molecular complexity index is 1090. The van der Waals surface area contributed by atoms with Crippen molar-refractivity contribution in [3.8, 4) is 0 Å². The monoisotopic (exact) mass is 513 g/mol. The number of carboxylic acids is 2. The maximum atomic E-state index is 12.5. The Kier molecular flexibility index (Phi) is 10.1. The summed E-state index contributed by atoms with van der Waals surface area (Å²) in [5, 5.41) is 27.6. The normalized spacial score (nSPS) is 15.6. The Balaban J connectivity index is 0.000000604. The van der Waals surface area contributed by atoms with Crippen LogP contribution >= 0.6 is 11.3 Å². The minimum absolute atomic E-state index is 0.0415. The van der Waals surface area contributed by atoms with Crippen LogP contribution in [0.4, 0.5) is 5.69 Å². The van der Waals surface area contributed by atoms with Crippen LogP contribution in [0.3, 0.4) is 0 Å². The van der Waals surface area contributed by atoms with Gasteiger partial charge in [-0.2, -0.15) is 0 Å². The molecular weight excluding hydrogens is 486 g/mol. The van der Waals surface area contributed by atoms with Gasteiger partial charge in [0.15, 0.2) is 0 Å². The first kappa shape index (κ1) is 27.4. The summed E-state index contributed by atoms with van der Waals surface area (Å²) < 4.78 is 27.6. The lowest BCUT2D eigenvalue weighted by atomic mass is 9.96. The first-order chi connectivity index (χ1) is 16.0. The van der Waals surface area contributed by atoms with Gasteiger partial charge in [-0.15, -0.1) is 11.3 Å². The minimum Gasteiger partial charge on any atom is -0.473 e. The van der Waals surface area contributed by atoms with Crippen LogP contribution in [0, 0.1) is 10.1 Å². The summed E-state index contributed by atoms with van der Waals surface area (Å²) in [6.45, 7) is 3.99. The van der Waals surface area contributed by atoms with Crippen LogP contribution < -0.4 is 4.72 Å². The van der Waals surface area contributed by atoms with Crippen LogP contribution in [0.15, 0.2) is 40.6 Å². The van der Waals surface area contributed by atoms with Crippen molar-refractivity contribution in [1.82, 2.24) is 9.62 Å². The van der Waals surface area contributed by atoms with E-state index in [0.717, 1.165) is 32.2 Å². The molecule has 1 unspecified atom stereocenters. The van der Waals surface area contributed by atoms with Crippen LogP contribution in [0.25, 0.3) is 0 Å². The number of thiophene rings is 1. The second-order valence-corrected chi connectivity index (χ2v) is 10.4. The quantitative estimate of drug-likeness (QED) is 0.259. The number of unbranched alkanes of at least 4 members (excludes halogenated alkanes) is 1. The molecule has 186 valence electrons. The second-order valence-electron chi connectivity index (χ2n) is 7.60. The molecule has 2 heterocycles. The number of nitrogens with one attached hydrogen (secondary N) is 1. The van der Waals surface area contributed by atoms with Crippen molar-refractivity contribution in [1.29, 1.82) is 0 Å². The molecular formula is C21H27N3O8S2. The molecule has 0 amide bonds. The zero-order valence-electron chi connectivity index (χ0n) is 18.5. The van der Waals surface area contributed by atoms with Gasteiger partial charge in [-0.25, -0.2) is 22.7 Å². The molecule has 0 bridgehead atoms. The van der Waals surface area contributed by atoms with E-state index in [-0.39, 0.29) is 10.6 Å². The van der Waals surface area contributed by atoms with Crippen LogP contribution in [-0.2, 0) is 32.6 Å². The number of nitro groups is 1. The molecule has 1 atom stereocenters. The summed E-state index contributed by atoms with van der Waals surface area (Å²) in [6.07, 6.45) is 4.44. The third-order valence-electron chi connectivity index (χ3n) is 5.28. The number of nitrogens with zero attached hydrogens (tertiary/aromatic N) is 2. The van der Waals surface area contributed by atoms with E-state index in [1.807, 2.05) is 0 Å². The molecule has 34 heavy (non-hydrogen) atoms. The Morgan fingerprint density at radius 2 is 1.85 bits per heavy atom. The first-order valence-corrected chi connectivity index (χ1v) is 12.9. The van der Waals surface area contributed by atoms with Crippen molar-refractivity contribution in [2.45, 2.75) is 50.1 Å². The highest BCUT2D eigenvalue weighted by molar-refractivity contribution is 7.89. The molecule has 3 rings (SSSR count). The number of sulfonamides is 1. The highest BCUT2D eigenvalue weighted by Gasteiger charge is 2.26. The van der Waals surface area contributed by atoms with E-state index in [0.29, 0.717) is 19.1 Å². The topological polar surface area (TPSA) is 167 Å². The van der Waals surface area contributed by atoms with Gasteiger partial charge >= 0.3 is 11.9 Å². The molecule has 0 spiro atoms. The number of nitro benzene ring substituents is 1. The summed E-state index contributed by atoms with van der Waals surface area (Å²) in [5.74, 6) is -3.65. The molecule has 0 aliphatic carbocycles. The van der Waals surface area contributed by atoms with E-state index in [9.17, 15) is 18.5 Å². The van der Waals surface area contributed by atoms with Crippen molar-refractivity contribution in [3.63, 3.8) is 0 Å². The molecule has 11 nitrogen and oxygen atoms in total. The maximum Gasteiger partial charge on any atom is 0.414 e. The standard InChI is InChI=1S/C19H25N3O4S2.C2H2O4/c1-2-3-4-17-13-15-9-12-27-19(15)14-21(17)11-10-20-28(25,26)18-7-5-16(6-8-18)22(23)24;3-1(4)2(5)6/h5-9,12,17,20H,2-4,10-11,13-14H2,1H3;(H,3,4)(H,5,6). The van der Waals surface area contributed by atoms with Crippen molar-refractivity contribution in [3.05, 3.63) is 56.3 Å². The number of non-ortho nitro benzene ring substituents is 1. The number of benzene rings is 1.